The Bertz CT molecular complexity index is 555. The van der Waals surface area contributed by atoms with E-state index in [1.165, 1.54) is 4.90 Å². The summed E-state index contributed by atoms with van der Waals surface area (Å²) < 4.78 is 0. The molecule has 0 saturated carbocycles. The molecule has 114 valence electrons. The standard InChI is InChI=1S/C16H21ClN2O2/c1-4-11(5-2)19-15(20)9-14(16(19)21)18-13-8-6-7-12(17)10(13)3/h6-8,11,14,18H,4-5,9H2,1-3H3. The highest BCUT2D eigenvalue weighted by atomic mass is 35.5. The minimum absolute atomic E-state index is 0.00254. The number of rotatable bonds is 5. The molecule has 1 aliphatic heterocycles. The Hall–Kier alpha value is -1.55. The molecule has 1 aromatic carbocycles. The highest BCUT2D eigenvalue weighted by Crippen LogP contribution is 2.27. The van der Waals surface area contributed by atoms with Gasteiger partial charge in [-0.2, -0.15) is 0 Å². The monoisotopic (exact) mass is 308 g/mol. The number of nitrogens with zero attached hydrogens (tertiary/aromatic N) is 1. The fourth-order valence-electron chi connectivity index (χ4n) is 2.75. The maximum atomic E-state index is 12.5. The Balaban J connectivity index is 2.18. The van der Waals surface area contributed by atoms with Gasteiger partial charge in [0.2, 0.25) is 5.91 Å². The van der Waals surface area contributed by atoms with E-state index in [1.54, 1.807) is 6.07 Å². The van der Waals surface area contributed by atoms with Crippen LogP contribution in [0.3, 0.4) is 0 Å². The van der Waals surface area contributed by atoms with E-state index in [9.17, 15) is 9.59 Å². The largest absolute Gasteiger partial charge is 0.373 e. The predicted octanol–water partition coefficient (Wildman–Crippen LogP) is 3.38. The van der Waals surface area contributed by atoms with Crippen LogP contribution in [0.25, 0.3) is 0 Å². The number of benzene rings is 1. The molecular formula is C16H21ClN2O2. The summed E-state index contributed by atoms with van der Waals surface area (Å²) in [5.41, 5.74) is 1.69. The fraction of sp³-hybridized carbons (Fsp3) is 0.500. The molecule has 1 saturated heterocycles. The zero-order valence-electron chi connectivity index (χ0n) is 12.6. The zero-order valence-corrected chi connectivity index (χ0v) is 13.4. The second kappa shape index (κ2) is 6.48. The summed E-state index contributed by atoms with van der Waals surface area (Å²) in [6.45, 7) is 5.89. The first-order valence-corrected chi connectivity index (χ1v) is 7.74. The zero-order chi connectivity index (χ0) is 15.6. The molecule has 2 rings (SSSR count). The van der Waals surface area contributed by atoms with Gasteiger partial charge in [-0.3, -0.25) is 14.5 Å². The van der Waals surface area contributed by atoms with Crippen molar-refractivity contribution in [1.82, 2.24) is 4.90 Å². The molecule has 1 fully saturated rings. The van der Waals surface area contributed by atoms with E-state index < -0.39 is 6.04 Å². The van der Waals surface area contributed by atoms with Gasteiger partial charge in [-0.25, -0.2) is 0 Å². The number of amides is 2. The average Bonchev–Trinajstić information content (AvgIpc) is 2.73. The third kappa shape index (κ3) is 3.05. The normalized spacial score (nSPS) is 18.7. The van der Waals surface area contributed by atoms with Gasteiger partial charge in [0.25, 0.3) is 5.91 Å². The summed E-state index contributed by atoms with van der Waals surface area (Å²) in [6.07, 6.45) is 1.79. The topological polar surface area (TPSA) is 49.4 Å². The molecule has 0 aliphatic carbocycles. The molecule has 1 atom stereocenters. The summed E-state index contributed by atoms with van der Waals surface area (Å²) in [7, 11) is 0. The van der Waals surface area contributed by atoms with Gasteiger partial charge in [-0.15, -0.1) is 0 Å². The van der Waals surface area contributed by atoms with E-state index in [2.05, 4.69) is 5.32 Å². The van der Waals surface area contributed by atoms with Gasteiger partial charge in [-0.05, 0) is 37.5 Å². The first kappa shape index (κ1) is 15.8. The third-order valence-electron chi connectivity index (χ3n) is 4.09. The lowest BCUT2D eigenvalue weighted by Gasteiger charge is -2.24. The van der Waals surface area contributed by atoms with E-state index in [0.29, 0.717) is 5.02 Å². The third-order valence-corrected chi connectivity index (χ3v) is 4.50. The molecule has 5 heteroatoms. The van der Waals surface area contributed by atoms with Crippen molar-refractivity contribution in [3.05, 3.63) is 28.8 Å². The predicted molar refractivity (Wildman–Crippen MR) is 84.4 cm³/mol. The Morgan fingerprint density at radius 2 is 2.00 bits per heavy atom. The van der Waals surface area contributed by atoms with Gasteiger partial charge in [0.15, 0.2) is 0 Å². The SMILES string of the molecule is CCC(CC)N1C(=O)CC(Nc2cccc(Cl)c2C)C1=O. The quantitative estimate of drug-likeness (QED) is 0.848. The Labute approximate surface area is 130 Å². The van der Waals surface area contributed by atoms with Crippen LogP contribution < -0.4 is 5.32 Å². The van der Waals surface area contributed by atoms with Gasteiger partial charge in [-0.1, -0.05) is 31.5 Å². The molecule has 1 unspecified atom stereocenters. The number of nitrogens with one attached hydrogen (secondary N) is 1. The Morgan fingerprint density at radius 1 is 1.33 bits per heavy atom. The van der Waals surface area contributed by atoms with Crippen LogP contribution in [0.2, 0.25) is 5.02 Å². The molecule has 0 aromatic heterocycles. The Morgan fingerprint density at radius 3 is 2.62 bits per heavy atom. The lowest BCUT2D eigenvalue weighted by molar-refractivity contribution is -0.141. The van der Waals surface area contributed by atoms with Crippen LogP contribution in [0.4, 0.5) is 5.69 Å². The van der Waals surface area contributed by atoms with Crippen LogP contribution >= 0.6 is 11.6 Å². The lowest BCUT2D eigenvalue weighted by atomic mass is 10.1. The molecule has 21 heavy (non-hydrogen) atoms. The minimum Gasteiger partial charge on any atom is -0.373 e. The first-order valence-electron chi connectivity index (χ1n) is 7.37. The number of carbonyl (C=O) groups is 2. The maximum absolute atomic E-state index is 12.5. The number of imide groups is 1. The Kier molecular flexibility index (Phi) is 4.88. The molecule has 1 heterocycles. The van der Waals surface area contributed by atoms with Crippen molar-refractivity contribution in [2.75, 3.05) is 5.32 Å². The number of hydrogen-bond donors (Lipinski definition) is 1. The molecular weight excluding hydrogens is 288 g/mol. The molecule has 1 N–H and O–H groups in total. The van der Waals surface area contributed by atoms with Crippen molar-refractivity contribution in [1.29, 1.82) is 0 Å². The van der Waals surface area contributed by atoms with E-state index in [1.807, 2.05) is 32.9 Å². The van der Waals surface area contributed by atoms with Gasteiger partial charge >= 0.3 is 0 Å². The van der Waals surface area contributed by atoms with Gasteiger partial charge in [0.1, 0.15) is 6.04 Å². The number of likely N-dealkylation sites (tertiary alicyclic amines) is 1. The number of anilines is 1. The molecule has 0 spiro atoms. The summed E-state index contributed by atoms with van der Waals surface area (Å²) in [6, 6.07) is 5.02. The van der Waals surface area contributed by atoms with E-state index in [0.717, 1.165) is 24.1 Å². The number of hydrogen-bond acceptors (Lipinski definition) is 3. The second-order valence-electron chi connectivity index (χ2n) is 5.39. The fourth-order valence-corrected chi connectivity index (χ4v) is 2.93. The summed E-state index contributed by atoms with van der Waals surface area (Å²) >= 11 is 6.09. The van der Waals surface area contributed by atoms with Crippen LogP contribution in [0.15, 0.2) is 18.2 Å². The van der Waals surface area contributed by atoms with Crippen LogP contribution in [0.1, 0.15) is 38.7 Å². The van der Waals surface area contributed by atoms with Gasteiger partial charge in [0.05, 0.1) is 6.42 Å². The molecule has 1 aliphatic rings. The van der Waals surface area contributed by atoms with E-state index >= 15 is 0 Å². The maximum Gasteiger partial charge on any atom is 0.252 e. The smallest absolute Gasteiger partial charge is 0.252 e. The van der Waals surface area contributed by atoms with E-state index in [4.69, 9.17) is 11.6 Å². The highest BCUT2D eigenvalue weighted by molar-refractivity contribution is 6.31. The molecule has 0 radical (unpaired) electrons. The summed E-state index contributed by atoms with van der Waals surface area (Å²) in [5, 5.41) is 3.81. The van der Waals surface area contributed by atoms with Gasteiger partial charge < -0.3 is 5.32 Å². The van der Waals surface area contributed by atoms with Crippen LogP contribution in [0, 0.1) is 6.92 Å². The summed E-state index contributed by atoms with van der Waals surface area (Å²) in [5.74, 6) is -0.223. The van der Waals surface area contributed by atoms with Gasteiger partial charge in [0, 0.05) is 16.8 Å². The minimum atomic E-state index is -0.490. The van der Waals surface area contributed by atoms with Crippen molar-refractivity contribution in [2.24, 2.45) is 0 Å². The van der Waals surface area contributed by atoms with Crippen molar-refractivity contribution >= 4 is 29.1 Å². The molecule has 0 bridgehead atoms. The highest BCUT2D eigenvalue weighted by Gasteiger charge is 2.41. The van der Waals surface area contributed by atoms with Crippen LogP contribution in [-0.2, 0) is 9.59 Å². The second-order valence-corrected chi connectivity index (χ2v) is 5.79. The first-order chi connectivity index (χ1) is 9.99. The summed E-state index contributed by atoms with van der Waals surface area (Å²) in [4.78, 5) is 26.0. The molecule has 2 amide bonds. The van der Waals surface area contributed by atoms with Crippen molar-refractivity contribution in [3.63, 3.8) is 0 Å². The number of carbonyl (C=O) groups excluding carboxylic acids is 2. The molecule has 1 aromatic rings. The molecule has 4 nitrogen and oxygen atoms in total. The van der Waals surface area contributed by atoms with Crippen LogP contribution in [0.5, 0.6) is 0 Å². The van der Waals surface area contributed by atoms with Crippen molar-refractivity contribution in [3.8, 4) is 0 Å². The number of halogens is 1. The van der Waals surface area contributed by atoms with Crippen molar-refractivity contribution in [2.45, 2.75) is 52.1 Å². The van der Waals surface area contributed by atoms with Crippen molar-refractivity contribution < 1.29 is 9.59 Å². The van der Waals surface area contributed by atoms with E-state index in [-0.39, 0.29) is 24.3 Å². The van der Waals surface area contributed by atoms with Crippen LogP contribution in [-0.4, -0.2) is 28.8 Å². The lowest BCUT2D eigenvalue weighted by Crippen LogP contribution is -2.41. The average molecular weight is 309 g/mol.